The Kier molecular flexibility index (Phi) is 4.34. The lowest BCUT2D eigenvalue weighted by atomic mass is 10.2. The summed E-state index contributed by atoms with van der Waals surface area (Å²) in [4.78, 5) is 17.1. The first-order valence-corrected chi connectivity index (χ1v) is 6.26. The van der Waals surface area contributed by atoms with E-state index in [4.69, 9.17) is 23.2 Å². The summed E-state index contributed by atoms with van der Waals surface area (Å²) in [6, 6.07) is 1.52. The number of amides is 1. The van der Waals surface area contributed by atoms with Gasteiger partial charge in [0.1, 0.15) is 0 Å². The summed E-state index contributed by atoms with van der Waals surface area (Å²) >= 11 is 11.6. The fourth-order valence-corrected chi connectivity index (χ4v) is 1.87. The maximum absolute atomic E-state index is 11.7. The van der Waals surface area contributed by atoms with Gasteiger partial charge in [-0.2, -0.15) is 15.0 Å². The van der Waals surface area contributed by atoms with Crippen LogP contribution in [0.25, 0.3) is 0 Å². The van der Waals surface area contributed by atoms with Crippen LogP contribution in [0.1, 0.15) is 12.1 Å². The number of hydrogen-bond donors (Lipinski definition) is 1. The number of halogens is 2. The number of aromatic nitrogens is 4. The maximum atomic E-state index is 11.7. The fraction of sp³-hybridized carbons (Fsp3) is 0.273. The molecule has 19 heavy (non-hydrogen) atoms. The van der Waals surface area contributed by atoms with Crippen molar-refractivity contribution < 1.29 is 4.79 Å². The SMILES string of the molecule is Cn1ncc(CCC(=O)Nc2ncc(Cl)cc2Cl)n1. The van der Waals surface area contributed by atoms with Crippen molar-refractivity contribution in [1.82, 2.24) is 20.0 Å². The minimum Gasteiger partial charge on any atom is -0.309 e. The third-order valence-electron chi connectivity index (χ3n) is 2.32. The summed E-state index contributed by atoms with van der Waals surface area (Å²) in [6.07, 6.45) is 3.83. The van der Waals surface area contributed by atoms with Crippen molar-refractivity contribution in [2.24, 2.45) is 7.05 Å². The molecule has 0 aliphatic carbocycles. The molecule has 2 rings (SSSR count). The average molecular weight is 300 g/mol. The van der Waals surface area contributed by atoms with E-state index in [-0.39, 0.29) is 12.3 Å². The molecule has 2 aromatic heterocycles. The molecule has 100 valence electrons. The van der Waals surface area contributed by atoms with E-state index in [2.05, 4.69) is 20.5 Å². The zero-order valence-corrected chi connectivity index (χ0v) is 11.6. The van der Waals surface area contributed by atoms with Gasteiger partial charge in [-0.15, -0.1) is 0 Å². The molecule has 0 saturated heterocycles. The second-order valence-corrected chi connectivity index (χ2v) is 4.70. The number of hydrogen-bond acceptors (Lipinski definition) is 4. The van der Waals surface area contributed by atoms with Gasteiger partial charge in [0.05, 0.1) is 21.9 Å². The molecule has 0 aromatic carbocycles. The molecular weight excluding hydrogens is 289 g/mol. The highest BCUT2D eigenvalue weighted by atomic mass is 35.5. The molecule has 0 unspecified atom stereocenters. The van der Waals surface area contributed by atoms with Crippen LogP contribution in [-0.4, -0.2) is 25.9 Å². The monoisotopic (exact) mass is 299 g/mol. The van der Waals surface area contributed by atoms with Crippen LogP contribution in [0.3, 0.4) is 0 Å². The minimum atomic E-state index is -0.192. The molecule has 8 heteroatoms. The number of carbonyl (C=O) groups is 1. The Morgan fingerprint density at radius 1 is 1.42 bits per heavy atom. The first-order valence-electron chi connectivity index (χ1n) is 5.50. The van der Waals surface area contributed by atoms with Crippen LogP contribution in [-0.2, 0) is 18.3 Å². The molecule has 0 fully saturated rings. The molecule has 1 N–H and O–H groups in total. The summed E-state index contributed by atoms with van der Waals surface area (Å²) in [7, 11) is 1.72. The van der Waals surface area contributed by atoms with E-state index in [9.17, 15) is 4.79 Å². The summed E-state index contributed by atoms with van der Waals surface area (Å²) in [6.45, 7) is 0. The van der Waals surface area contributed by atoms with Crippen molar-refractivity contribution in [2.75, 3.05) is 5.32 Å². The average Bonchev–Trinajstić information content (AvgIpc) is 2.76. The fourth-order valence-electron chi connectivity index (χ4n) is 1.44. The molecule has 0 atom stereocenters. The van der Waals surface area contributed by atoms with Gasteiger partial charge in [0, 0.05) is 26.1 Å². The lowest BCUT2D eigenvalue weighted by molar-refractivity contribution is -0.116. The Hall–Kier alpha value is -1.66. The Balaban J connectivity index is 1.90. The number of rotatable bonds is 4. The van der Waals surface area contributed by atoms with Crippen molar-refractivity contribution >= 4 is 34.9 Å². The van der Waals surface area contributed by atoms with Crippen molar-refractivity contribution in [1.29, 1.82) is 0 Å². The van der Waals surface area contributed by atoms with Crippen LogP contribution >= 0.6 is 23.2 Å². The molecule has 2 heterocycles. The van der Waals surface area contributed by atoms with Crippen molar-refractivity contribution in [3.05, 3.63) is 34.2 Å². The number of anilines is 1. The highest BCUT2D eigenvalue weighted by Gasteiger charge is 2.09. The minimum absolute atomic E-state index is 0.192. The molecule has 2 aromatic rings. The molecular formula is C11H11Cl2N5O. The smallest absolute Gasteiger partial charge is 0.225 e. The van der Waals surface area contributed by atoms with Crippen molar-refractivity contribution in [3.63, 3.8) is 0 Å². The van der Waals surface area contributed by atoms with Crippen molar-refractivity contribution in [3.8, 4) is 0 Å². The van der Waals surface area contributed by atoms with Gasteiger partial charge < -0.3 is 5.32 Å². The van der Waals surface area contributed by atoms with Gasteiger partial charge in [-0.25, -0.2) is 4.98 Å². The number of carbonyl (C=O) groups excluding carboxylic acids is 1. The van der Waals surface area contributed by atoms with Crippen LogP contribution in [0.2, 0.25) is 10.0 Å². The summed E-state index contributed by atoms with van der Waals surface area (Å²) < 4.78 is 0. The number of nitrogens with one attached hydrogen (secondary N) is 1. The predicted molar refractivity (Wildman–Crippen MR) is 72.2 cm³/mol. The van der Waals surface area contributed by atoms with E-state index in [1.165, 1.54) is 17.1 Å². The topological polar surface area (TPSA) is 72.7 Å². The van der Waals surface area contributed by atoms with Gasteiger partial charge >= 0.3 is 0 Å². The first kappa shape index (κ1) is 13.8. The quantitative estimate of drug-likeness (QED) is 0.938. The lowest BCUT2D eigenvalue weighted by Gasteiger charge is -2.05. The van der Waals surface area contributed by atoms with E-state index < -0.39 is 0 Å². The summed E-state index contributed by atoms with van der Waals surface area (Å²) in [5.74, 6) is 0.109. The summed E-state index contributed by atoms with van der Waals surface area (Å²) in [5.41, 5.74) is 0.757. The normalized spacial score (nSPS) is 10.5. The second kappa shape index (κ2) is 5.99. The molecule has 0 bridgehead atoms. The predicted octanol–water partition coefficient (Wildman–Crippen LogP) is 2.09. The molecule has 0 radical (unpaired) electrons. The zero-order chi connectivity index (χ0) is 13.8. The van der Waals surface area contributed by atoms with E-state index in [1.807, 2.05) is 0 Å². The maximum Gasteiger partial charge on any atom is 0.225 e. The highest BCUT2D eigenvalue weighted by molar-refractivity contribution is 6.36. The number of nitrogens with zero attached hydrogens (tertiary/aromatic N) is 4. The van der Waals surface area contributed by atoms with E-state index in [1.54, 1.807) is 13.2 Å². The number of pyridine rings is 1. The highest BCUT2D eigenvalue weighted by Crippen LogP contribution is 2.22. The third-order valence-corrected chi connectivity index (χ3v) is 2.82. The van der Waals surface area contributed by atoms with Gasteiger partial charge in [-0.05, 0) is 6.07 Å². The van der Waals surface area contributed by atoms with Crippen LogP contribution in [0.5, 0.6) is 0 Å². The zero-order valence-electron chi connectivity index (χ0n) is 10.1. The van der Waals surface area contributed by atoms with Gasteiger partial charge in [0.2, 0.25) is 5.91 Å². The molecule has 6 nitrogen and oxygen atoms in total. The van der Waals surface area contributed by atoms with Crippen LogP contribution in [0.15, 0.2) is 18.5 Å². The molecule has 0 spiro atoms. The summed E-state index contributed by atoms with van der Waals surface area (Å²) in [5, 5.41) is 11.4. The standard InChI is InChI=1S/C11H11Cl2N5O/c1-18-15-6-8(17-18)2-3-10(19)16-11-9(13)4-7(12)5-14-11/h4-6H,2-3H2,1H3,(H,14,16,19). The Morgan fingerprint density at radius 2 is 2.21 bits per heavy atom. The molecule has 0 saturated carbocycles. The Morgan fingerprint density at radius 3 is 2.84 bits per heavy atom. The van der Waals surface area contributed by atoms with E-state index in [0.29, 0.717) is 22.3 Å². The van der Waals surface area contributed by atoms with Gasteiger partial charge in [-0.3, -0.25) is 4.79 Å². The second-order valence-electron chi connectivity index (χ2n) is 3.86. The van der Waals surface area contributed by atoms with Gasteiger partial charge in [-0.1, -0.05) is 23.2 Å². The molecule has 0 aliphatic rings. The van der Waals surface area contributed by atoms with Crippen LogP contribution in [0, 0.1) is 0 Å². The first-order chi connectivity index (χ1) is 9.04. The van der Waals surface area contributed by atoms with E-state index >= 15 is 0 Å². The van der Waals surface area contributed by atoms with Crippen LogP contribution in [0.4, 0.5) is 5.82 Å². The third kappa shape index (κ3) is 3.90. The largest absolute Gasteiger partial charge is 0.309 e. The molecule has 1 amide bonds. The van der Waals surface area contributed by atoms with Crippen LogP contribution < -0.4 is 5.32 Å². The molecule has 0 aliphatic heterocycles. The lowest BCUT2D eigenvalue weighted by Crippen LogP contribution is -2.13. The van der Waals surface area contributed by atoms with Gasteiger partial charge in [0.25, 0.3) is 0 Å². The Bertz CT molecular complexity index is 599. The number of aryl methyl sites for hydroxylation is 2. The van der Waals surface area contributed by atoms with Gasteiger partial charge in [0.15, 0.2) is 5.82 Å². The Labute approximate surface area is 119 Å². The van der Waals surface area contributed by atoms with Crippen molar-refractivity contribution in [2.45, 2.75) is 12.8 Å². The van der Waals surface area contributed by atoms with E-state index in [0.717, 1.165) is 5.69 Å².